The minimum Gasteiger partial charge on any atom is -0.449 e. The van der Waals surface area contributed by atoms with Crippen molar-refractivity contribution >= 4 is 23.6 Å². The van der Waals surface area contributed by atoms with Crippen LogP contribution in [0.1, 0.15) is 52.7 Å². The third-order valence-corrected chi connectivity index (χ3v) is 6.64. The van der Waals surface area contributed by atoms with Crippen LogP contribution in [0.2, 0.25) is 0 Å². The Morgan fingerprint density at radius 3 is 2.29 bits per heavy atom. The zero-order chi connectivity index (χ0) is 24.2. The van der Waals surface area contributed by atoms with E-state index < -0.39 is 0 Å². The Morgan fingerprint density at radius 2 is 1.57 bits per heavy atom. The van der Waals surface area contributed by atoms with Crippen molar-refractivity contribution in [3.63, 3.8) is 0 Å². The first-order valence-corrected chi connectivity index (χ1v) is 12.3. The Kier molecular flexibility index (Phi) is 6.66. The number of para-hydroxylation sites is 2. The third-order valence-electron chi connectivity index (χ3n) is 6.64. The van der Waals surface area contributed by atoms with Gasteiger partial charge in [0.25, 0.3) is 11.8 Å². The van der Waals surface area contributed by atoms with E-state index in [1.165, 1.54) is 18.4 Å². The van der Waals surface area contributed by atoms with E-state index in [1.807, 2.05) is 72.5 Å². The number of benzene rings is 3. The summed E-state index contributed by atoms with van der Waals surface area (Å²) in [6, 6.07) is 23.2. The first-order valence-electron chi connectivity index (χ1n) is 12.3. The van der Waals surface area contributed by atoms with Gasteiger partial charge in [0.15, 0.2) is 11.5 Å². The van der Waals surface area contributed by atoms with Gasteiger partial charge in [-0.3, -0.25) is 14.5 Å². The molecule has 0 aromatic heterocycles. The molecule has 0 bridgehead atoms. The first-order chi connectivity index (χ1) is 17.1. The van der Waals surface area contributed by atoms with Gasteiger partial charge in [0.2, 0.25) is 0 Å². The minimum absolute atomic E-state index is 0.0781. The highest BCUT2D eigenvalue weighted by Crippen LogP contribution is 2.36. The molecule has 0 aliphatic carbocycles. The number of nitrogens with zero attached hydrogens (tertiary/aromatic N) is 2. The Morgan fingerprint density at radius 1 is 0.886 bits per heavy atom. The number of ether oxygens (including phenoxy) is 1. The lowest BCUT2D eigenvalue weighted by molar-refractivity contribution is -0.117. The minimum atomic E-state index is -0.186. The largest absolute Gasteiger partial charge is 0.449 e. The van der Waals surface area contributed by atoms with E-state index in [0.717, 1.165) is 42.7 Å². The Labute approximate surface area is 206 Å². The summed E-state index contributed by atoms with van der Waals surface area (Å²) in [5.41, 5.74) is 4.48. The van der Waals surface area contributed by atoms with Gasteiger partial charge in [0, 0.05) is 18.7 Å². The van der Waals surface area contributed by atoms with E-state index in [0.29, 0.717) is 17.9 Å². The Hall–Kier alpha value is -3.86. The molecule has 0 N–H and O–H groups in total. The van der Waals surface area contributed by atoms with Gasteiger partial charge in [0.05, 0.1) is 12.2 Å². The van der Waals surface area contributed by atoms with Crippen LogP contribution in [0.5, 0.6) is 5.75 Å². The van der Waals surface area contributed by atoms with Crippen LogP contribution in [0.15, 0.2) is 78.6 Å². The molecule has 0 atom stereocenters. The average Bonchev–Trinajstić information content (AvgIpc) is 3.17. The van der Waals surface area contributed by atoms with Crippen molar-refractivity contribution in [3.8, 4) is 5.75 Å². The average molecular weight is 467 g/mol. The molecular formula is C30H30N2O3. The molecule has 0 radical (unpaired) electrons. The number of carbonyl (C=O) groups excluding carboxylic acids is 2. The summed E-state index contributed by atoms with van der Waals surface area (Å²) in [7, 11) is 0. The molecule has 3 aromatic rings. The van der Waals surface area contributed by atoms with Crippen molar-refractivity contribution in [3.05, 3.63) is 101 Å². The molecule has 2 aliphatic rings. The fourth-order valence-electron chi connectivity index (χ4n) is 4.62. The number of rotatable bonds is 4. The molecule has 0 spiro atoms. The predicted molar refractivity (Wildman–Crippen MR) is 138 cm³/mol. The van der Waals surface area contributed by atoms with E-state index in [2.05, 4.69) is 12.1 Å². The number of amides is 2. The summed E-state index contributed by atoms with van der Waals surface area (Å²) >= 11 is 0. The van der Waals surface area contributed by atoms with Crippen molar-refractivity contribution in [2.24, 2.45) is 0 Å². The summed E-state index contributed by atoms with van der Waals surface area (Å²) < 4.78 is 6.02. The summed E-state index contributed by atoms with van der Waals surface area (Å²) in [4.78, 5) is 30.1. The smallest absolute Gasteiger partial charge is 0.294 e. The normalized spacial score (nSPS) is 17.1. The van der Waals surface area contributed by atoms with Crippen LogP contribution < -0.4 is 9.64 Å². The molecule has 5 heteroatoms. The SMILES string of the molecule is Cc1ccc(CN2C(=O)C(=Cc3ccc(C(=O)N4CCCCCC4)cc3)Oc3ccccc32)cc1. The van der Waals surface area contributed by atoms with Crippen LogP contribution in [0, 0.1) is 6.92 Å². The van der Waals surface area contributed by atoms with Gasteiger partial charge in [-0.2, -0.15) is 0 Å². The van der Waals surface area contributed by atoms with Gasteiger partial charge in [0.1, 0.15) is 0 Å². The summed E-state index contributed by atoms with van der Waals surface area (Å²) in [5, 5.41) is 0. The molecule has 0 unspecified atom stereocenters. The maximum atomic E-state index is 13.4. The first kappa shape index (κ1) is 22.9. The van der Waals surface area contributed by atoms with Crippen molar-refractivity contribution in [2.75, 3.05) is 18.0 Å². The maximum Gasteiger partial charge on any atom is 0.294 e. The van der Waals surface area contributed by atoms with Gasteiger partial charge in [-0.1, -0.05) is 66.9 Å². The zero-order valence-corrected chi connectivity index (χ0v) is 20.1. The molecule has 5 nitrogen and oxygen atoms in total. The third kappa shape index (κ3) is 5.14. The van der Waals surface area contributed by atoms with Crippen molar-refractivity contribution < 1.29 is 14.3 Å². The highest BCUT2D eigenvalue weighted by Gasteiger charge is 2.30. The second-order valence-corrected chi connectivity index (χ2v) is 9.28. The van der Waals surface area contributed by atoms with Gasteiger partial charge in [-0.05, 0) is 61.2 Å². The van der Waals surface area contributed by atoms with Crippen LogP contribution in [0.4, 0.5) is 5.69 Å². The number of likely N-dealkylation sites (tertiary alicyclic amines) is 1. The maximum absolute atomic E-state index is 13.4. The molecule has 2 aliphatic heterocycles. The van der Waals surface area contributed by atoms with E-state index in [4.69, 9.17) is 4.74 Å². The highest BCUT2D eigenvalue weighted by atomic mass is 16.5. The lowest BCUT2D eigenvalue weighted by Crippen LogP contribution is -2.36. The lowest BCUT2D eigenvalue weighted by Gasteiger charge is -2.30. The molecule has 1 fully saturated rings. The van der Waals surface area contributed by atoms with Crippen LogP contribution in [0.3, 0.4) is 0 Å². The van der Waals surface area contributed by atoms with E-state index in [-0.39, 0.29) is 17.6 Å². The zero-order valence-electron chi connectivity index (χ0n) is 20.1. The molecule has 2 amide bonds. The fourth-order valence-corrected chi connectivity index (χ4v) is 4.62. The topological polar surface area (TPSA) is 49.9 Å². The molecule has 0 saturated carbocycles. The molecule has 1 saturated heterocycles. The van der Waals surface area contributed by atoms with Crippen LogP contribution in [-0.4, -0.2) is 29.8 Å². The summed E-state index contributed by atoms with van der Waals surface area (Å²) in [6.07, 6.45) is 6.26. The van der Waals surface area contributed by atoms with Gasteiger partial charge in [-0.15, -0.1) is 0 Å². The van der Waals surface area contributed by atoms with E-state index in [1.54, 1.807) is 11.0 Å². The molecule has 5 rings (SSSR count). The second-order valence-electron chi connectivity index (χ2n) is 9.28. The highest BCUT2D eigenvalue weighted by molar-refractivity contribution is 6.09. The predicted octanol–water partition coefficient (Wildman–Crippen LogP) is 5.98. The van der Waals surface area contributed by atoms with Gasteiger partial charge in [-0.25, -0.2) is 0 Å². The Balaban J connectivity index is 1.38. The number of aryl methyl sites for hydroxylation is 1. The lowest BCUT2D eigenvalue weighted by atomic mass is 10.1. The summed E-state index contributed by atoms with van der Waals surface area (Å²) in [6.45, 7) is 4.15. The molecule has 2 heterocycles. The number of fused-ring (bicyclic) bond motifs is 1. The number of hydrogen-bond donors (Lipinski definition) is 0. The molecule has 35 heavy (non-hydrogen) atoms. The van der Waals surface area contributed by atoms with Crippen LogP contribution in [-0.2, 0) is 11.3 Å². The molecule has 178 valence electrons. The van der Waals surface area contributed by atoms with Crippen molar-refractivity contribution in [1.29, 1.82) is 0 Å². The fraction of sp³-hybridized carbons (Fsp3) is 0.267. The van der Waals surface area contributed by atoms with Crippen LogP contribution >= 0.6 is 0 Å². The second kappa shape index (κ2) is 10.2. The Bertz CT molecular complexity index is 1240. The van der Waals surface area contributed by atoms with Crippen molar-refractivity contribution in [2.45, 2.75) is 39.2 Å². The summed E-state index contributed by atoms with van der Waals surface area (Å²) in [5.74, 6) is 0.809. The number of carbonyl (C=O) groups is 2. The standard InChI is InChI=1S/C30H30N2O3/c1-22-10-12-24(13-11-22)21-32-26-8-4-5-9-27(26)35-28(30(32)34)20-23-14-16-25(17-15-23)29(33)31-18-6-2-3-7-19-31/h4-5,8-17,20H,2-3,6-7,18-19,21H2,1H3. The van der Waals surface area contributed by atoms with E-state index >= 15 is 0 Å². The van der Waals surface area contributed by atoms with Gasteiger partial charge < -0.3 is 9.64 Å². The number of hydrogen-bond acceptors (Lipinski definition) is 3. The van der Waals surface area contributed by atoms with Crippen LogP contribution in [0.25, 0.3) is 6.08 Å². The quantitative estimate of drug-likeness (QED) is 0.445. The molecule has 3 aromatic carbocycles. The monoisotopic (exact) mass is 466 g/mol. The van der Waals surface area contributed by atoms with Gasteiger partial charge >= 0.3 is 0 Å². The van der Waals surface area contributed by atoms with Crippen molar-refractivity contribution in [1.82, 2.24) is 4.90 Å². The van der Waals surface area contributed by atoms with E-state index in [9.17, 15) is 9.59 Å². The number of anilines is 1. The molecular weight excluding hydrogens is 436 g/mol.